The lowest BCUT2D eigenvalue weighted by atomic mass is 10.1. The van der Waals surface area contributed by atoms with Gasteiger partial charge in [0.05, 0.1) is 55.8 Å². The molecule has 308 valence electrons. The second-order valence-electron chi connectivity index (χ2n) is 13.9. The van der Waals surface area contributed by atoms with Crippen molar-refractivity contribution in [2.45, 2.75) is 89.7 Å². The van der Waals surface area contributed by atoms with Crippen molar-refractivity contribution in [3.8, 4) is 20.2 Å². The van der Waals surface area contributed by atoms with Crippen molar-refractivity contribution in [1.82, 2.24) is 0 Å². The van der Waals surface area contributed by atoms with E-state index in [9.17, 15) is 29.5 Å². The molecule has 2 aromatic heterocycles. The predicted molar refractivity (Wildman–Crippen MR) is 222 cm³/mol. The summed E-state index contributed by atoms with van der Waals surface area (Å²) in [7, 11) is 0. The minimum absolute atomic E-state index is 0.0963. The van der Waals surface area contributed by atoms with Crippen molar-refractivity contribution < 1.29 is 49.0 Å². The van der Waals surface area contributed by atoms with Gasteiger partial charge in [-0.05, 0) is 136 Å². The summed E-state index contributed by atoms with van der Waals surface area (Å²) < 4.78 is 16.6. The third kappa shape index (κ3) is 14.9. The van der Waals surface area contributed by atoms with E-state index in [1.165, 1.54) is 6.08 Å². The van der Waals surface area contributed by atoms with Crippen molar-refractivity contribution in [3.05, 3.63) is 92.7 Å². The fourth-order valence-electron chi connectivity index (χ4n) is 6.02. The first-order valence-electron chi connectivity index (χ1n) is 19.4. The van der Waals surface area contributed by atoms with E-state index in [1.807, 2.05) is 43.3 Å². The first kappa shape index (κ1) is 45.4. The fourth-order valence-corrected chi connectivity index (χ4v) is 8.14. The fraction of sp³-hybridized carbons (Fsp3) is 0.465. The Morgan fingerprint density at radius 3 is 1.95 bits per heavy atom. The molecule has 4 N–H and O–H groups in total. The van der Waals surface area contributed by atoms with Crippen LogP contribution in [0.1, 0.15) is 91.4 Å². The number of rotatable bonds is 25. The number of nitrogens with zero attached hydrogens (tertiary/aromatic N) is 1. The van der Waals surface area contributed by atoms with E-state index in [1.54, 1.807) is 40.9 Å². The SMILES string of the molecule is Cc1cc(C(=O)OCCCCC(O)CO)cc(-c2ccc(-c3ccc(C4=CC(C(=O)OCCCCC(CO)N=O)=CC(C(=O)OCCCCCCO)=CC4)s3)s2)c1. The van der Waals surface area contributed by atoms with Gasteiger partial charge in [0, 0.05) is 26.1 Å². The number of hydrogen-bond donors (Lipinski definition) is 4. The van der Waals surface area contributed by atoms with Crippen LogP contribution in [-0.2, 0) is 23.8 Å². The Balaban J connectivity index is 1.46. The van der Waals surface area contributed by atoms with Crippen LogP contribution in [0.3, 0.4) is 0 Å². The van der Waals surface area contributed by atoms with Gasteiger partial charge in [-0.15, -0.1) is 22.7 Å². The summed E-state index contributed by atoms with van der Waals surface area (Å²) in [5.41, 5.74) is 3.55. The van der Waals surface area contributed by atoms with Crippen LogP contribution in [0.4, 0.5) is 0 Å². The lowest BCUT2D eigenvalue weighted by Crippen LogP contribution is -2.12. The molecule has 1 aliphatic rings. The van der Waals surface area contributed by atoms with Crippen LogP contribution in [-0.4, -0.2) is 90.1 Å². The number of benzene rings is 1. The standard InChI is InChI=1S/C43H53NO11S2/c1-29-22-32(26-33(23-29)42(50)54-21-9-5-11-36(48)28-47)38-15-17-40(57-38)39-16-14-37(56-39)30-12-13-31(41(49)53-19-7-3-2-6-18-45)25-34(24-30)43(51)55-20-8-4-10-35(27-46)44-52/h13-17,22-26,35-36,45-48H,2-12,18-21,27-28H2,1H3. The van der Waals surface area contributed by atoms with E-state index in [2.05, 4.69) is 5.18 Å². The molecule has 0 spiro atoms. The Bertz CT molecular complexity index is 1870. The highest BCUT2D eigenvalue weighted by Crippen LogP contribution is 2.41. The molecule has 0 bridgehead atoms. The minimum atomic E-state index is -0.762. The van der Waals surface area contributed by atoms with Crippen LogP contribution in [0.15, 0.2) is 77.0 Å². The molecule has 12 nitrogen and oxygen atoms in total. The first-order valence-corrected chi connectivity index (χ1v) is 21.1. The zero-order valence-electron chi connectivity index (χ0n) is 32.4. The molecule has 0 saturated carbocycles. The zero-order valence-corrected chi connectivity index (χ0v) is 34.0. The van der Waals surface area contributed by atoms with Crippen LogP contribution >= 0.6 is 22.7 Å². The number of carbonyl (C=O) groups is 3. The van der Waals surface area contributed by atoms with E-state index in [4.69, 9.17) is 24.4 Å². The number of carbonyl (C=O) groups excluding carboxylic acids is 3. The summed E-state index contributed by atoms with van der Waals surface area (Å²) in [5.74, 6) is -1.54. The second kappa shape index (κ2) is 24.5. The quantitative estimate of drug-likeness (QED) is 0.0284. The Labute approximate surface area is 341 Å². The Morgan fingerprint density at radius 2 is 1.28 bits per heavy atom. The van der Waals surface area contributed by atoms with Crippen LogP contribution < -0.4 is 0 Å². The van der Waals surface area contributed by atoms with Crippen LogP contribution in [0.2, 0.25) is 0 Å². The van der Waals surface area contributed by atoms with Crippen molar-refractivity contribution >= 4 is 46.2 Å². The summed E-state index contributed by atoms with van der Waals surface area (Å²) >= 11 is 3.15. The van der Waals surface area contributed by atoms with Crippen molar-refractivity contribution in [1.29, 1.82) is 0 Å². The molecule has 0 radical (unpaired) electrons. The number of allylic oxidation sites excluding steroid dienone is 2. The van der Waals surface area contributed by atoms with Crippen LogP contribution in [0, 0.1) is 11.8 Å². The van der Waals surface area contributed by atoms with Gasteiger partial charge in [0.15, 0.2) is 0 Å². The van der Waals surface area contributed by atoms with Crippen LogP contribution in [0.5, 0.6) is 0 Å². The summed E-state index contributed by atoms with van der Waals surface area (Å²) in [4.78, 5) is 54.0. The molecule has 3 aromatic rings. The van der Waals surface area contributed by atoms with Gasteiger partial charge in [-0.25, -0.2) is 14.4 Å². The van der Waals surface area contributed by atoms with E-state index in [0.29, 0.717) is 63.4 Å². The van der Waals surface area contributed by atoms with Crippen LogP contribution in [0.25, 0.3) is 25.8 Å². The zero-order chi connectivity index (χ0) is 41.0. The normalized spacial score (nSPS) is 13.8. The molecule has 14 heteroatoms. The molecule has 2 atom stereocenters. The second-order valence-corrected chi connectivity index (χ2v) is 16.0. The lowest BCUT2D eigenvalue weighted by molar-refractivity contribution is -0.139. The maximum Gasteiger partial charge on any atom is 0.338 e. The van der Waals surface area contributed by atoms with Gasteiger partial charge in [-0.3, -0.25) is 0 Å². The number of aryl methyl sites for hydroxylation is 1. The molecule has 0 saturated heterocycles. The van der Waals surface area contributed by atoms with Crippen molar-refractivity contribution in [2.75, 3.05) is 39.6 Å². The summed E-state index contributed by atoms with van der Waals surface area (Å²) in [6, 6.07) is 13.0. The third-order valence-corrected chi connectivity index (χ3v) is 11.7. The topological polar surface area (TPSA) is 189 Å². The molecule has 0 amide bonds. The van der Waals surface area contributed by atoms with E-state index in [0.717, 1.165) is 49.1 Å². The number of ether oxygens (including phenoxy) is 3. The number of hydrogen-bond acceptors (Lipinski definition) is 14. The number of nitroso groups, excluding NO2 is 1. The molecule has 2 unspecified atom stereocenters. The molecule has 57 heavy (non-hydrogen) atoms. The number of thiophene rings is 2. The highest BCUT2D eigenvalue weighted by molar-refractivity contribution is 7.24. The molecule has 1 aromatic carbocycles. The van der Waals surface area contributed by atoms with Crippen molar-refractivity contribution in [3.63, 3.8) is 0 Å². The molecule has 0 fully saturated rings. The highest BCUT2D eigenvalue weighted by atomic mass is 32.1. The van der Waals surface area contributed by atoms with Gasteiger partial charge >= 0.3 is 17.9 Å². The van der Waals surface area contributed by atoms with Gasteiger partial charge in [-0.1, -0.05) is 23.7 Å². The summed E-state index contributed by atoms with van der Waals surface area (Å²) in [5, 5.41) is 39.5. The summed E-state index contributed by atoms with van der Waals surface area (Å²) in [6.07, 6.45) is 10.7. The Morgan fingerprint density at radius 1 is 0.684 bits per heavy atom. The van der Waals surface area contributed by atoms with Gasteiger partial charge in [0.2, 0.25) is 0 Å². The molecule has 2 heterocycles. The maximum absolute atomic E-state index is 13.3. The molecular formula is C43H53NO11S2. The first-order chi connectivity index (χ1) is 27.6. The average Bonchev–Trinajstić information content (AvgIpc) is 3.86. The van der Waals surface area contributed by atoms with Gasteiger partial charge in [0.25, 0.3) is 0 Å². The monoisotopic (exact) mass is 823 g/mol. The minimum Gasteiger partial charge on any atom is -0.462 e. The maximum atomic E-state index is 13.3. The third-order valence-electron chi connectivity index (χ3n) is 9.21. The largest absolute Gasteiger partial charge is 0.462 e. The van der Waals surface area contributed by atoms with E-state index >= 15 is 0 Å². The smallest absolute Gasteiger partial charge is 0.338 e. The molecule has 1 aliphatic carbocycles. The predicted octanol–water partition coefficient (Wildman–Crippen LogP) is 7.71. The van der Waals surface area contributed by atoms with Gasteiger partial charge in [0.1, 0.15) is 6.04 Å². The molecular weight excluding hydrogens is 771 g/mol. The Kier molecular flexibility index (Phi) is 19.5. The van der Waals surface area contributed by atoms with Gasteiger partial charge < -0.3 is 34.6 Å². The van der Waals surface area contributed by atoms with E-state index in [-0.39, 0.29) is 50.8 Å². The lowest BCUT2D eigenvalue weighted by Gasteiger charge is -2.09. The number of unbranched alkanes of at least 4 members (excludes halogenated alkanes) is 5. The molecule has 0 aliphatic heterocycles. The highest BCUT2D eigenvalue weighted by Gasteiger charge is 2.21. The van der Waals surface area contributed by atoms with Gasteiger partial charge in [-0.2, -0.15) is 4.91 Å². The Hall–Kier alpha value is -4.31. The average molecular weight is 824 g/mol. The molecule has 4 rings (SSSR count). The van der Waals surface area contributed by atoms with E-state index < -0.39 is 30.1 Å². The van der Waals surface area contributed by atoms with Crippen molar-refractivity contribution in [2.24, 2.45) is 5.18 Å². The number of aliphatic hydroxyl groups is 4. The summed E-state index contributed by atoms with van der Waals surface area (Å²) in [6.45, 7) is 1.99. The number of esters is 3. The number of aliphatic hydroxyl groups excluding tert-OH is 4.